The van der Waals surface area contributed by atoms with Gasteiger partial charge in [-0.05, 0) is 38.1 Å². The van der Waals surface area contributed by atoms with Crippen LogP contribution in [-0.2, 0) is 14.3 Å². The van der Waals surface area contributed by atoms with Crippen molar-refractivity contribution in [1.82, 2.24) is 0 Å². The number of ether oxygens (including phenoxy) is 2. The van der Waals surface area contributed by atoms with Gasteiger partial charge in [0, 0.05) is 17.7 Å². The number of aryl methyl sites for hydroxylation is 1. The molecule has 6 heteroatoms. The number of nitrogens with one attached hydrogen (secondary N) is 1. The zero-order valence-corrected chi connectivity index (χ0v) is 15.7. The molecule has 2 aromatic rings. The molecule has 2 aromatic carbocycles. The number of carbonyl (C=O) groups is 3. The van der Waals surface area contributed by atoms with Gasteiger partial charge in [0.1, 0.15) is 5.75 Å². The first-order valence-electron chi connectivity index (χ1n) is 8.63. The Morgan fingerprint density at radius 2 is 1.59 bits per heavy atom. The second-order valence-corrected chi connectivity index (χ2v) is 6.14. The fraction of sp³-hybridized carbons (Fsp3) is 0.286. The van der Waals surface area contributed by atoms with E-state index in [9.17, 15) is 14.4 Å². The number of carbonyl (C=O) groups excluding carboxylic acids is 3. The Labute approximate surface area is 158 Å². The number of methoxy groups -OCH3 is 1. The Morgan fingerprint density at radius 1 is 0.963 bits per heavy atom. The molecule has 0 spiro atoms. The van der Waals surface area contributed by atoms with Crippen molar-refractivity contribution in [3.05, 3.63) is 59.7 Å². The maximum atomic E-state index is 12.1. The number of esters is 1. The lowest BCUT2D eigenvalue weighted by molar-refractivity contribution is -0.153. The van der Waals surface area contributed by atoms with Gasteiger partial charge in [-0.25, -0.2) is 0 Å². The molecule has 1 atom stereocenters. The molecule has 0 aliphatic carbocycles. The molecule has 6 nitrogen and oxygen atoms in total. The van der Waals surface area contributed by atoms with Gasteiger partial charge < -0.3 is 14.8 Å². The van der Waals surface area contributed by atoms with Gasteiger partial charge in [0.05, 0.1) is 13.5 Å². The predicted molar refractivity (Wildman–Crippen MR) is 102 cm³/mol. The van der Waals surface area contributed by atoms with Crippen LogP contribution in [0.1, 0.15) is 35.7 Å². The van der Waals surface area contributed by atoms with Gasteiger partial charge in [-0.3, -0.25) is 14.4 Å². The fourth-order valence-corrected chi connectivity index (χ4v) is 2.33. The molecule has 2 rings (SSSR count). The van der Waals surface area contributed by atoms with E-state index in [2.05, 4.69) is 5.32 Å². The largest absolute Gasteiger partial charge is 0.497 e. The minimum atomic E-state index is -0.964. The van der Waals surface area contributed by atoms with E-state index in [0.717, 1.165) is 5.56 Å². The second-order valence-electron chi connectivity index (χ2n) is 6.14. The first kappa shape index (κ1) is 20.2. The van der Waals surface area contributed by atoms with E-state index in [-0.39, 0.29) is 18.6 Å². The van der Waals surface area contributed by atoms with E-state index in [0.29, 0.717) is 17.0 Å². The Hall–Kier alpha value is -3.15. The maximum absolute atomic E-state index is 12.1. The van der Waals surface area contributed by atoms with E-state index in [1.165, 1.54) is 6.92 Å². The van der Waals surface area contributed by atoms with Crippen molar-refractivity contribution in [2.75, 3.05) is 12.4 Å². The van der Waals surface area contributed by atoms with Crippen LogP contribution in [0.2, 0.25) is 0 Å². The highest BCUT2D eigenvalue weighted by Crippen LogP contribution is 2.15. The zero-order valence-electron chi connectivity index (χ0n) is 15.7. The van der Waals surface area contributed by atoms with Crippen molar-refractivity contribution in [2.45, 2.75) is 32.8 Å². The van der Waals surface area contributed by atoms with Crippen LogP contribution in [0, 0.1) is 6.92 Å². The highest BCUT2D eigenvalue weighted by atomic mass is 16.5. The first-order valence-corrected chi connectivity index (χ1v) is 8.63. The van der Waals surface area contributed by atoms with E-state index in [4.69, 9.17) is 9.47 Å². The van der Waals surface area contributed by atoms with Crippen LogP contribution < -0.4 is 10.1 Å². The summed E-state index contributed by atoms with van der Waals surface area (Å²) in [6, 6.07) is 13.9. The van der Waals surface area contributed by atoms with E-state index in [1.54, 1.807) is 43.5 Å². The molecule has 0 aliphatic rings. The molecule has 0 fully saturated rings. The minimum absolute atomic E-state index is 0.0364. The number of Topliss-reactive ketones (excluding diaryl/α,β-unsaturated/α-hetero) is 1. The first-order chi connectivity index (χ1) is 12.9. The molecule has 27 heavy (non-hydrogen) atoms. The number of ketones is 1. The number of hydrogen-bond acceptors (Lipinski definition) is 5. The molecule has 0 saturated carbocycles. The standard InChI is InChI=1S/C21H23NO5/c1-14-4-6-16(7-5-14)19(23)12-13-20(24)27-15(2)21(25)22-17-8-10-18(26-3)11-9-17/h4-11,15H,12-13H2,1-3H3,(H,22,25)/t15-/m0/s1. The number of benzene rings is 2. The Balaban J connectivity index is 1.78. The van der Waals surface area contributed by atoms with Crippen molar-refractivity contribution in [2.24, 2.45) is 0 Å². The summed E-state index contributed by atoms with van der Waals surface area (Å²) in [5.74, 6) is -0.501. The number of amides is 1. The fourth-order valence-electron chi connectivity index (χ4n) is 2.33. The second kappa shape index (κ2) is 9.52. The van der Waals surface area contributed by atoms with Crippen LogP contribution in [-0.4, -0.2) is 30.9 Å². The van der Waals surface area contributed by atoms with Gasteiger partial charge in [0.25, 0.3) is 5.91 Å². The SMILES string of the molecule is COc1ccc(NC(=O)[C@H](C)OC(=O)CCC(=O)c2ccc(C)cc2)cc1. The Morgan fingerprint density at radius 3 is 2.19 bits per heavy atom. The molecule has 0 heterocycles. The van der Waals surface area contributed by atoms with E-state index < -0.39 is 18.0 Å². The van der Waals surface area contributed by atoms with Gasteiger partial charge in [-0.2, -0.15) is 0 Å². The van der Waals surface area contributed by atoms with Crippen molar-refractivity contribution in [1.29, 1.82) is 0 Å². The van der Waals surface area contributed by atoms with E-state index >= 15 is 0 Å². The third-order valence-corrected chi connectivity index (χ3v) is 3.96. The Kier molecular flexibility index (Phi) is 7.11. The molecule has 0 aromatic heterocycles. The van der Waals surface area contributed by atoms with Gasteiger partial charge >= 0.3 is 5.97 Å². The van der Waals surface area contributed by atoms with Crippen LogP contribution >= 0.6 is 0 Å². The Bertz CT molecular complexity index is 796. The summed E-state index contributed by atoms with van der Waals surface area (Å²) in [4.78, 5) is 36.1. The summed E-state index contributed by atoms with van der Waals surface area (Å²) >= 11 is 0. The number of rotatable bonds is 8. The normalized spacial score (nSPS) is 11.4. The molecule has 0 bridgehead atoms. The minimum Gasteiger partial charge on any atom is -0.497 e. The molecular weight excluding hydrogens is 346 g/mol. The lowest BCUT2D eigenvalue weighted by atomic mass is 10.1. The third-order valence-electron chi connectivity index (χ3n) is 3.96. The molecule has 0 aliphatic heterocycles. The van der Waals surface area contributed by atoms with E-state index in [1.807, 2.05) is 19.1 Å². The zero-order chi connectivity index (χ0) is 19.8. The molecule has 1 N–H and O–H groups in total. The van der Waals surface area contributed by atoms with Crippen LogP contribution in [0.25, 0.3) is 0 Å². The summed E-state index contributed by atoms with van der Waals surface area (Å²) in [6.07, 6.45) is -1.00. The van der Waals surface area contributed by atoms with Crippen molar-refractivity contribution in [3.63, 3.8) is 0 Å². The van der Waals surface area contributed by atoms with Gasteiger partial charge in [-0.15, -0.1) is 0 Å². The van der Waals surface area contributed by atoms with Crippen LogP contribution in [0.15, 0.2) is 48.5 Å². The monoisotopic (exact) mass is 369 g/mol. The highest BCUT2D eigenvalue weighted by Gasteiger charge is 2.19. The predicted octanol–water partition coefficient (Wildman–Crippen LogP) is 3.54. The molecule has 1 amide bonds. The number of hydrogen-bond donors (Lipinski definition) is 1. The van der Waals surface area contributed by atoms with Crippen LogP contribution in [0.3, 0.4) is 0 Å². The highest BCUT2D eigenvalue weighted by molar-refractivity contribution is 5.98. The summed E-state index contributed by atoms with van der Waals surface area (Å²) in [5, 5.41) is 2.66. The summed E-state index contributed by atoms with van der Waals surface area (Å²) < 4.78 is 10.2. The van der Waals surface area contributed by atoms with Gasteiger partial charge in [-0.1, -0.05) is 29.8 Å². The lowest BCUT2D eigenvalue weighted by Crippen LogP contribution is -2.30. The summed E-state index contributed by atoms with van der Waals surface area (Å²) in [5.41, 5.74) is 2.18. The topological polar surface area (TPSA) is 81.7 Å². The van der Waals surface area contributed by atoms with Crippen molar-refractivity contribution in [3.8, 4) is 5.75 Å². The molecule has 0 saturated heterocycles. The quantitative estimate of drug-likeness (QED) is 0.568. The summed E-state index contributed by atoms with van der Waals surface area (Å²) in [6.45, 7) is 3.42. The van der Waals surface area contributed by atoms with Crippen molar-refractivity contribution < 1.29 is 23.9 Å². The van der Waals surface area contributed by atoms with Crippen molar-refractivity contribution >= 4 is 23.3 Å². The van der Waals surface area contributed by atoms with Gasteiger partial charge in [0.15, 0.2) is 11.9 Å². The molecule has 142 valence electrons. The summed E-state index contributed by atoms with van der Waals surface area (Å²) in [7, 11) is 1.55. The number of anilines is 1. The smallest absolute Gasteiger partial charge is 0.307 e. The molecular formula is C21H23NO5. The molecule has 0 unspecified atom stereocenters. The average Bonchev–Trinajstić information content (AvgIpc) is 2.67. The van der Waals surface area contributed by atoms with Crippen LogP contribution in [0.5, 0.6) is 5.75 Å². The van der Waals surface area contributed by atoms with Crippen LogP contribution in [0.4, 0.5) is 5.69 Å². The van der Waals surface area contributed by atoms with Gasteiger partial charge in [0.2, 0.25) is 0 Å². The maximum Gasteiger partial charge on any atom is 0.307 e. The average molecular weight is 369 g/mol. The molecule has 0 radical (unpaired) electrons. The lowest BCUT2D eigenvalue weighted by Gasteiger charge is -2.13. The third kappa shape index (κ3) is 6.26.